The first-order valence-corrected chi connectivity index (χ1v) is 7.68. The molecular formula is C16H17BF4N2O2. The molecule has 0 bridgehead atoms. The zero-order chi connectivity index (χ0) is 18.6. The van der Waals surface area contributed by atoms with Crippen molar-refractivity contribution in [1.29, 1.82) is 0 Å². The molecule has 0 amide bonds. The van der Waals surface area contributed by atoms with E-state index >= 15 is 0 Å². The van der Waals surface area contributed by atoms with Gasteiger partial charge in [-0.15, -0.1) is 0 Å². The maximum atomic E-state index is 13.8. The van der Waals surface area contributed by atoms with Crippen LogP contribution < -0.4 is 5.46 Å². The van der Waals surface area contributed by atoms with Crippen molar-refractivity contribution in [2.24, 2.45) is 0 Å². The average Bonchev–Trinajstić information content (AvgIpc) is 3.02. The Morgan fingerprint density at radius 2 is 1.68 bits per heavy atom. The van der Waals surface area contributed by atoms with Crippen LogP contribution in [0.4, 0.5) is 17.6 Å². The van der Waals surface area contributed by atoms with Gasteiger partial charge in [0, 0.05) is 11.7 Å². The van der Waals surface area contributed by atoms with E-state index < -0.39 is 35.9 Å². The van der Waals surface area contributed by atoms with Crippen LogP contribution in [0.3, 0.4) is 0 Å². The minimum atomic E-state index is -4.51. The molecule has 0 unspecified atom stereocenters. The molecule has 25 heavy (non-hydrogen) atoms. The van der Waals surface area contributed by atoms with Crippen LogP contribution >= 0.6 is 0 Å². The van der Waals surface area contributed by atoms with Crippen molar-refractivity contribution < 1.29 is 26.9 Å². The predicted octanol–water partition coefficient (Wildman–Crippen LogP) is 3.33. The molecule has 1 aromatic heterocycles. The number of alkyl halides is 3. The number of aromatic nitrogens is 2. The Balaban J connectivity index is 2.05. The number of benzene rings is 1. The van der Waals surface area contributed by atoms with Gasteiger partial charge in [-0.25, -0.2) is 9.07 Å². The molecule has 0 N–H and O–H groups in total. The Bertz CT molecular complexity index is 786. The molecule has 9 heteroatoms. The van der Waals surface area contributed by atoms with E-state index in [1.54, 1.807) is 0 Å². The maximum Gasteiger partial charge on any atom is 0.497 e. The van der Waals surface area contributed by atoms with E-state index in [9.17, 15) is 17.6 Å². The molecular weight excluding hydrogens is 339 g/mol. The fraction of sp³-hybridized carbons (Fsp3) is 0.438. The summed E-state index contributed by atoms with van der Waals surface area (Å²) in [6, 6.07) is 3.69. The van der Waals surface area contributed by atoms with Gasteiger partial charge in [0.1, 0.15) is 5.82 Å². The zero-order valence-corrected chi connectivity index (χ0v) is 14.2. The standard InChI is InChI=1S/C16H17BF4N2O2/c1-14(2)15(3,4)25-17(24-14)12-7-11(18)5-6-13(12)23-9-10(8-22-23)16(19,20)21/h5-9H,1-4H3. The first kappa shape index (κ1) is 17.9. The van der Waals surface area contributed by atoms with Crippen molar-refractivity contribution in [3.63, 3.8) is 0 Å². The Hall–Kier alpha value is -1.87. The molecule has 134 valence electrons. The van der Waals surface area contributed by atoms with Crippen LogP contribution in [-0.4, -0.2) is 28.1 Å². The van der Waals surface area contributed by atoms with Crippen molar-refractivity contribution in [1.82, 2.24) is 9.78 Å². The molecule has 1 aromatic carbocycles. The van der Waals surface area contributed by atoms with Crippen LogP contribution in [0.2, 0.25) is 0 Å². The smallest absolute Gasteiger partial charge is 0.399 e. The second-order valence-corrected chi connectivity index (χ2v) is 6.96. The normalized spacial score (nSPS) is 19.4. The van der Waals surface area contributed by atoms with Gasteiger partial charge in [0.25, 0.3) is 0 Å². The molecule has 1 fully saturated rings. The summed E-state index contributed by atoms with van der Waals surface area (Å²) < 4.78 is 65.1. The first-order chi connectivity index (χ1) is 11.4. The van der Waals surface area contributed by atoms with Gasteiger partial charge in [0.2, 0.25) is 0 Å². The third-order valence-corrected chi connectivity index (χ3v) is 4.65. The van der Waals surface area contributed by atoms with Gasteiger partial charge in [-0.2, -0.15) is 18.3 Å². The highest BCUT2D eigenvalue weighted by Gasteiger charge is 2.52. The number of halogens is 4. The van der Waals surface area contributed by atoms with E-state index in [0.717, 1.165) is 23.1 Å². The fourth-order valence-electron chi connectivity index (χ4n) is 2.49. The second kappa shape index (κ2) is 5.57. The molecule has 0 spiro atoms. The van der Waals surface area contributed by atoms with Crippen molar-refractivity contribution in [2.75, 3.05) is 0 Å². The van der Waals surface area contributed by atoms with Crippen LogP contribution in [0.15, 0.2) is 30.6 Å². The number of nitrogens with zero attached hydrogens (tertiary/aromatic N) is 2. The molecule has 0 atom stereocenters. The van der Waals surface area contributed by atoms with Crippen molar-refractivity contribution >= 4 is 12.6 Å². The van der Waals surface area contributed by atoms with Crippen LogP contribution in [0.1, 0.15) is 33.3 Å². The second-order valence-electron chi connectivity index (χ2n) is 6.96. The van der Waals surface area contributed by atoms with Crippen LogP contribution in [0.5, 0.6) is 0 Å². The van der Waals surface area contributed by atoms with Gasteiger partial charge in [-0.05, 0) is 45.9 Å². The lowest BCUT2D eigenvalue weighted by atomic mass is 9.77. The summed E-state index contributed by atoms with van der Waals surface area (Å²) in [5, 5.41) is 3.75. The molecule has 3 rings (SSSR count). The van der Waals surface area contributed by atoms with E-state index in [1.165, 1.54) is 12.1 Å². The van der Waals surface area contributed by atoms with Crippen LogP contribution in [0, 0.1) is 5.82 Å². The molecule has 2 aromatic rings. The van der Waals surface area contributed by atoms with Gasteiger partial charge >= 0.3 is 13.3 Å². The lowest BCUT2D eigenvalue weighted by molar-refractivity contribution is -0.137. The van der Waals surface area contributed by atoms with Crippen molar-refractivity contribution in [2.45, 2.75) is 45.1 Å². The van der Waals surface area contributed by atoms with Gasteiger partial charge in [-0.3, -0.25) is 0 Å². The van der Waals surface area contributed by atoms with Crippen LogP contribution in [0.25, 0.3) is 5.69 Å². The molecule has 0 radical (unpaired) electrons. The van der Waals surface area contributed by atoms with Gasteiger partial charge in [-0.1, -0.05) is 0 Å². The molecule has 0 aliphatic carbocycles. The minimum absolute atomic E-state index is 0.260. The summed E-state index contributed by atoms with van der Waals surface area (Å²) in [6.07, 6.45) is -2.94. The predicted molar refractivity (Wildman–Crippen MR) is 84.2 cm³/mol. The van der Waals surface area contributed by atoms with Gasteiger partial charge in [0.05, 0.1) is 28.6 Å². The molecule has 2 heterocycles. The maximum absolute atomic E-state index is 13.8. The number of hydrogen-bond donors (Lipinski definition) is 0. The summed E-state index contributed by atoms with van der Waals surface area (Å²) in [5.41, 5.74) is -1.69. The van der Waals surface area contributed by atoms with E-state index in [-0.39, 0.29) is 11.2 Å². The topological polar surface area (TPSA) is 36.3 Å². The molecule has 1 aliphatic heterocycles. The molecule has 4 nitrogen and oxygen atoms in total. The highest BCUT2D eigenvalue weighted by Crippen LogP contribution is 2.37. The fourth-order valence-corrected chi connectivity index (χ4v) is 2.49. The van der Waals surface area contributed by atoms with Gasteiger partial charge < -0.3 is 9.31 Å². The third kappa shape index (κ3) is 3.18. The summed E-state index contributed by atoms with van der Waals surface area (Å²) in [7, 11) is -0.922. The largest absolute Gasteiger partial charge is 0.497 e. The molecule has 1 saturated heterocycles. The number of hydrogen-bond acceptors (Lipinski definition) is 3. The van der Waals surface area contributed by atoms with Crippen molar-refractivity contribution in [3.8, 4) is 5.69 Å². The lowest BCUT2D eigenvalue weighted by Gasteiger charge is -2.32. The minimum Gasteiger partial charge on any atom is -0.399 e. The van der Waals surface area contributed by atoms with Crippen molar-refractivity contribution in [3.05, 3.63) is 42.0 Å². The SMILES string of the molecule is CC1(C)OB(c2cc(F)ccc2-n2cc(C(F)(F)F)cn2)OC1(C)C. The monoisotopic (exact) mass is 356 g/mol. The van der Waals surface area contributed by atoms with E-state index in [2.05, 4.69) is 5.10 Å². The Labute approximate surface area is 142 Å². The van der Waals surface area contributed by atoms with E-state index in [1.807, 2.05) is 27.7 Å². The van der Waals surface area contributed by atoms with Crippen LogP contribution in [-0.2, 0) is 15.5 Å². The zero-order valence-electron chi connectivity index (χ0n) is 14.2. The van der Waals surface area contributed by atoms with Gasteiger partial charge in [0.15, 0.2) is 0 Å². The Kier molecular flexibility index (Phi) is 4.00. The Morgan fingerprint density at radius 3 is 2.20 bits per heavy atom. The summed E-state index contributed by atoms with van der Waals surface area (Å²) in [4.78, 5) is 0. The quantitative estimate of drug-likeness (QED) is 0.612. The highest BCUT2D eigenvalue weighted by molar-refractivity contribution is 6.63. The van der Waals surface area contributed by atoms with E-state index in [4.69, 9.17) is 9.31 Å². The lowest BCUT2D eigenvalue weighted by Crippen LogP contribution is -2.41. The summed E-state index contributed by atoms with van der Waals surface area (Å²) >= 11 is 0. The summed E-state index contributed by atoms with van der Waals surface area (Å²) in [6.45, 7) is 7.34. The average molecular weight is 356 g/mol. The number of rotatable bonds is 2. The molecule has 1 aliphatic rings. The summed E-state index contributed by atoms with van der Waals surface area (Å²) in [5.74, 6) is -0.545. The highest BCUT2D eigenvalue weighted by atomic mass is 19.4. The molecule has 0 saturated carbocycles. The third-order valence-electron chi connectivity index (χ3n) is 4.65. The van der Waals surface area contributed by atoms with E-state index in [0.29, 0.717) is 0 Å². The Morgan fingerprint density at radius 1 is 1.08 bits per heavy atom. The first-order valence-electron chi connectivity index (χ1n) is 7.68.